The molecule has 13 heavy (non-hydrogen) atoms. The van der Waals surface area contributed by atoms with Gasteiger partial charge < -0.3 is 10.2 Å². The summed E-state index contributed by atoms with van der Waals surface area (Å²) in [5, 5.41) is 3.55. The number of rotatable bonds is 7. The van der Waals surface area contributed by atoms with E-state index in [2.05, 4.69) is 17.3 Å². The van der Waals surface area contributed by atoms with Gasteiger partial charge in [-0.05, 0) is 38.8 Å². The predicted octanol–water partition coefficient (Wildman–Crippen LogP) is 1.47. The monoisotopic (exact) mass is 182 g/mol. The zero-order valence-corrected chi connectivity index (χ0v) is 8.76. The van der Waals surface area contributed by atoms with Crippen molar-refractivity contribution in [2.75, 3.05) is 26.7 Å². The zero-order chi connectivity index (χ0) is 9.10. The second-order valence-corrected chi connectivity index (χ2v) is 4.76. The summed E-state index contributed by atoms with van der Waals surface area (Å²) in [6.45, 7) is 3.71. The third kappa shape index (κ3) is 4.10. The fourth-order valence-electron chi connectivity index (χ4n) is 1.67. The number of nitrogens with one attached hydrogen (secondary N) is 1. The molecule has 0 unspecified atom stereocenters. The van der Waals surface area contributed by atoms with Crippen LogP contribution in [-0.2, 0) is 0 Å². The van der Waals surface area contributed by atoms with Gasteiger partial charge in [-0.3, -0.25) is 0 Å². The van der Waals surface area contributed by atoms with Crippen LogP contribution in [0.3, 0.4) is 0 Å². The van der Waals surface area contributed by atoms with E-state index < -0.39 is 0 Å². The van der Waals surface area contributed by atoms with E-state index in [1.165, 1.54) is 51.7 Å². The Labute approximate surface area is 81.7 Å². The zero-order valence-electron chi connectivity index (χ0n) is 8.76. The summed E-state index contributed by atoms with van der Waals surface area (Å²) in [6, 6.07) is 0.872. The first kappa shape index (κ1) is 9.47. The van der Waals surface area contributed by atoms with Crippen LogP contribution < -0.4 is 5.32 Å². The quantitative estimate of drug-likeness (QED) is 0.641. The average molecular weight is 182 g/mol. The van der Waals surface area contributed by atoms with Gasteiger partial charge in [0.2, 0.25) is 0 Å². The minimum Gasteiger partial charge on any atom is -0.313 e. The normalized spacial score (nSPS) is 22.6. The fraction of sp³-hybridized carbons (Fsp3) is 1.00. The van der Waals surface area contributed by atoms with Gasteiger partial charge in [0.25, 0.3) is 0 Å². The highest BCUT2D eigenvalue weighted by atomic mass is 15.1. The van der Waals surface area contributed by atoms with Gasteiger partial charge in [0.15, 0.2) is 0 Å². The van der Waals surface area contributed by atoms with Gasteiger partial charge in [-0.1, -0.05) is 12.8 Å². The van der Waals surface area contributed by atoms with Gasteiger partial charge in [0.05, 0.1) is 0 Å². The molecule has 0 aromatic heterocycles. The van der Waals surface area contributed by atoms with E-state index in [0.29, 0.717) is 0 Å². The number of hydrogen-bond donors (Lipinski definition) is 1. The Morgan fingerprint density at radius 1 is 1.15 bits per heavy atom. The van der Waals surface area contributed by atoms with Crippen LogP contribution >= 0.6 is 0 Å². The molecule has 0 aromatic rings. The minimum absolute atomic E-state index is 0.872. The molecule has 0 radical (unpaired) electrons. The fourth-order valence-corrected chi connectivity index (χ4v) is 1.67. The molecule has 2 nitrogen and oxygen atoms in total. The number of nitrogens with zero attached hydrogens (tertiary/aromatic N) is 1. The smallest absolute Gasteiger partial charge is 0.0104 e. The van der Waals surface area contributed by atoms with Crippen LogP contribution in [0.25, 0.3) is 0 Å². The highest BCUT2D eigenvalue weighted by molar-refractivity contribution is 4.81. The van der Waals surface area contributed by atoms with Crippen LogP contribution in [0, 0.1) is 5.92 Å². The maximum absolute atomic E-state index is 3.55. The van der Waals surface area contributed by atoms with Crippen molar-refractivity contribution in [2.24, 2.45) is 5.92 Å². The van der Waals surface area contributed by atoms with Crippen molar-refractivity contribution in [1.82, 2.24) is 10.2 Å². The second kappa shape index (κ2) is 4.43. The molecule has 2 fully saturated rings. The molecule has 0 atom stereocenters. The van der Waals surface area contributed by atoms with Crippen LogP contribution in [0.4, 0.5) is 0 Å². The second-order valence-electron chi connectivity index (χ2n) is 4.76. The number of likely N-dealkylation sites (N-methyl/N-ethyl adjacent to an activating group) is 1. The third-order valence-corrected chi connectivity index (χ3v) is 3.12. The van der Waals surface area contributed by atoms with Crippen molar-refractivity contribution in [3.8, 4) is 0 Å². The standard InChI is InChI=1S/C11H22N2/c1-13(8-6-10-2-3-10)9-7-12-11-4-5-11/h10-12H,2-9H2,1H3. The molecule has 2 aliphatic carbocycles. The SMILES string of the molecule is CN(CCNC1CC1)CCC1CC1. The van der Waals surface area contributed by atoms with Gasteiger partial charge in [0, 0.05) is 19.1 Å². The third-order valence-electron chi connectivity index (χ3n) is 3.12. The van der Waals surface area contributed by atoms with Gasteiger partial charge >= 0.3 is 0 Å². The summed E-state index contributed by atoms with van der Waals surface area (Å²) in [4.78, 5) is 2.47. The molecular formula is C11H22N2. The molecule has 2 rings (SSSR count). The van der Waals surface area contributed by atoms with Gasteiger partial charge in [0.1, 0.15) is 0 Å². The lowest BCUT2D eigenvalue weighted by atomic mass is 10.3. The molecule has 0 saturated heterocycles. The predicted molar refractivity (Wildman–Crippen MR) is 55.9 cm³/mol. The van der Waals surface area contributed by atoms with E-state index in [0.717, 1.165) is 12.0 Å². The van der Waals surface area contributed by atoms with E-state index >= 15 is 0 Å². The molecule has 2 aliphatic rings. The summed E-state index contributed by atoms with van der Waals surface area (Å²) in [6.07, 6.45) is 7.24. The van der Waals surface area contributed by atoms with Gasteiger partial charge in [-0.15, -0.1) is 0 Å². The molecule has 0 spiro atoms. The van der Waals surface area contributed by atoms with Crippen LogP contribution in [0.5, 0.6) is 0 Å². The van der Waals surface area contributed by atoms with E-state index in [4.69, 9.17) is 0 Å². The van der Waals surface area contributed by atoms with Crippen molar-refractivity contribution in [3.63, 3.8) is 0 Å². The molecule has 0 aromatic carbocycles. The summed E-state index contributed by atoms with van der Waals surface area (Å²) in [5.41, 5.74) is 0. The first-order valence-corrected chi connectivity index (χ1v) is 5.76. The largest absolute Gasteiger partial charge is 0.313 e. The summed E-state index contributed by atoms with van der Waals surface area (Å²) in [5.74, 6) is 1.08. The maximum atomic E-state index is 3.55. The highest BCUT2D eigenvalue weighted by Gasteiger charge is 2.21. The Balaban J connectivity index is 1.42. The highest BCUT2D eigenvalue weighted by Crippen LogP contribution is 2.32. The van der Waals surface area contributed by atoms with Gasteiger partial charge in [-0.2, -0.15) is 0 Å². The van der Waals surface area contributed by atoms with Crippen molar-refractivity contribution >= 4 is 0 Å². The molecule has 2 saturated carbocycles. The lowest BCUT2D eigenvalue weighted by Crippen LogP contribution is -2.31. The Bertz CT molecular complexity index is 150. The Morgan fingerprint density at radius 2 is 1.92 bits per heavy atom. The molecule has 1 N–H and O–H groups in total. The van der Waals surface area contributed by atoms with E-state index in [1.54, 1.807) is 0 Å². The van der Waals surface area contributed by atoms with Crippen molar-refractivity contribution in [1.29, 1.82) is 0 Å². The topological polar surface area (TPSA) is 15.3 Å². The van der Waals surface area contributed by atoms with Crippen LogP contribution in [0.1, 0.15) is 32.1 Å². The summed E-state index contributed by atoms with van der Waals surface area (Å²) < 4.78 is 0. The average Bonchev–Trinajstić information content (AvgIpc) is 2.97. The van der Waals surface area contributed by atoms with E-state index in [1.807, 2.05) is 0 Å². The Hall–Kier alpha value is -0.0800. The number of hydrogen-bond acceptors (Lipinski definition) is 2. The van der Waals surface area contributed by atoms with E-state index in [-0.39, 0.29) is 0 Å². The molecule has 0 aliphatic heterocycles. The van der Waals surface area contributed by atoms with Crippen molar-refractivity contribution < 1.29 is 0 Å². The molecule has 2 heteroatoms. The summed E-state index contributed by atoms with van der Waals surface area (Å²) >= 11 is 0. The van der Waals surface area contributed by atoms with Crippen molar-refractivity contribution in [3.05, 3.63) is 0 Å². The van der Waals surface area contributed by atoms with Crippen LogP contribution in [0.15, 0.2) is 0 Å². The van der Waals surface area contributed by atoms with Crippen molar-refractivity contribution in [2.45, 2.75) is 38.1 Å². The maximum Gasteiger partial charge on any atom is 0.0104 e. The minimum atomic E-state index is 0.872. The molecule has 76 valence electrons. The Kier molecular flexibility index (Phi) is 3.23. The van der Waals surface area contributed by atoms with Crippen LogP contribution in [0.2, 0.25) is 0 Å². The van der Waals surface area contributed by atoms with Crippen LogP contribution in [-0.4, -0.2) is 37.6 Å². The first-order chi connectivity index (χ1) is 6.34. The molecular weight excluding hydrogens is 160 g/mol. The summed E-state index contributed by atoms with van der Waals surface area (Å²) in [7, 11) is 2.25. The lowest BCUT2D eigenvalue weighted by Gasteiger charge is -2.16. The van der Waals surface area contributed by atoms with E-state index in [9.17, 15) is 0 Å². The lowest BCUT2D eigenvalue weighted by molar-refractivity contribution is 0.320. The Morgan fingerprint density at radius 3 is 2.54 bits per heavy atom. The molecule has 0 amide bonds. The van der Waals surface area contributed by atoms with Gasteiger partial charge in [-0.25, -0.2) is 0 Å². The molecule has 0 heterocycles. The molecule has 0 bridgehead atoms. The first-order valence-electron chi connectivity index (χ1n) is 5.76.